The molecule has 1 atom stereocenters. The monoisotopic (exact) mass is 328 g/mol. The van der Waals surface area contributed by atoms with Crippen LogP contribution in [0.15, 0.2) is 48.5 Å². The Bertz CT molecular complexity index is 837. The molecule has 6 nitrogen and oxygen atoms in total. The largest absolute Gasteiger partial charge is 0.478 e. The summed E-state index contributed by atoms with van der Waals surface area (Å²) in [5, 5.41) is 11.7. The lowest BCUT2D eigenvalue weighted by molar-refractivity contribution is -0.121. The van der Waals surface area contributed by atoms with Gasteiger partial charge in [0.05, 0.1) is 23.4 Å². The third-order valence-electron chi connectivity index (χ3n) is 3.70. The number of rotatable bonds is 4. The first-order chi connectivity index (χ1) is 11.5. The number of anilines is 2. The van der Waals surface area contributed by atoms with Gasteiger partial charge in [0, 0.05) is 0 Å². The summed E-state index contributed by atoms with van der Waals surface area (Å²) in [4.78, 5) is 36.6. The van der Waals surface area contributed by atoms with Crippen molar-refractivity contribution < 1.29 is 23.9 Å². The van der Waals surface area contributed by atoms with Crippen molar-refractivity contribution in [1.29, 1.82) is 0 Å². The third kappa shape index (κ3) is 2.83. The molecule has 2 amide bonds. The number of nitrogens with zero attached hydrogens (tertiary/aromatic N) is 1. The topological polar surface area (TPSA) is 86.7 Å². The summed E-state index contributed by atoms with van der Waals surface area (Å²) in [6.07, 6.45) is -0.134. The van der Waals surface area contributed by atoms with Crippen LogP contribution in [0.4, 0.5) is 15.8 Å². The first-order valence-electron chi connectivity index (χ1n) is 7.18. The van der Waals surface area contributed by atoms with Crippen LogP contribution in [0.2, 0.25) is 0 Å². The van der Waals surface area contributed by atoms with E-state index in [0.717, 1.165) is 4.90 Å². The van der Waals surface area contributed by atoms with E-state index >= 15 is 0 Å². The molecule has 1 aliphatic rings. The minimum Gasteiger partial charge on any atom is -0.478 e. The number of carbonyl (C=O) groups excluding carboxylic acids is 2. The first-order valence-corrected chi connectivity index (χ1v) is 7.18. The molecular weight excluding hydrogens is 315 g/mol. The summed E-state index contributed by atoms with van der Waals surface area (Å²) in [7, 11) is 0. The molecule has 0 unspecified atom stereocenters. The molecule has 0 spiro atoms. The van der Waals surface area contributed by atoms with Crippen LogP contribution in [-0.4, -0.2) is 28.9 Å². The molecule has 1 saturated heterocycles. The second kappa shape index (κ2) is 6.11. The zero-order valence-electron chi connectivity index (χ0n) is 12.4. The summed E-state index contributed by atoms with van der Waals surface area (Å²) in [5.41, 5.74) is 0.283. The van der Waals surface area contributed by atoms with E-state index in [9.17, 15) is 18.8 Å². The number of aromatic carboxylic acids is 1. The Morgan fingerprint density at radius 3 is 2.62 bits per heavy atom. The highest BCUT2D eigenvalue weighted by Crippen LogP contribution is 2.26. The maximum Gasteiger partial charge on any atom is 0.335 e. The second-order valence-corrected chi connectivity index (χ2v) is 5.30. The molecule has 2 aromatic carbocycles. The van der Waals surface area contributed by atoms with Gasteiger partial charge in [-0.25, -0.2) is 14.1 Å². The molecule has 0 aromatic heterocycles. The first kappa shape index (κ1) is 15.7. The number of carboxylic acid groups (broad SMARTS) is 1. The van der Waals surface area contributed by atoms with Gasteiger partial charge in [-0.05, 0) is 30.3 Å². The molecular formula is C17H13FN2O4. The standard InChI is InChI=1S/C17H13FN2O4/c18-12-6-1-2-7-13(12)19-14-9-15(21)20(16(14)22)11-5-3-4-10(8-11)17(23)24/h1-8,14,19H,9H2,(H,23,24)/t14-/m1/s1. The Morgan fingerprint density at radius 2 is 1.92 bits per heavy atom. The Kier molecular flexibility index (Phi) is 3.99. The van der Waals surface area contributed by atoms with E-state index in [2.05, 4.69) is 5.32 Å². The van der Waals surface area contributed by atoms with Gasteiger partial charge in [0.25, 0.3) is 5.91 Å². The van der Waals surface area contributed by atoms with Gasteiger partial charge in [-0.1, -0.05) is 18.2 Å². The van der Waals surface area contributed by atoms with E-state index in [1.54, 1.807) is 6.07 Å². The number of carbonyl (C=O) groups is 3. The van der Waals surface area contributed by atoms with Crippen LogP contribution in [0.3, 0.4) is 0 Å². The predicted octanol–water partition coefficient (Wildman–Crippen LogP) is 2.27. The lowest BCUT2D eigenvalue weighted by Crippen LogP contribution is -2.35. The molecule has 1 fully saturated rings. The van der Waals surface area contributed by atoms with Crippen molar-refractivity contribution in [2.75, 3.05) is 10.2 Å². The van der Waals surface area contributed by atoms with Crippen molar-refractivity contribution in [1.82, 2.24) is 0 Å². The number of hydrogen-bond acceptors (Lipinski definition) is 4. The van der Waals surface area contributed by atoms with E-state index in [4.69, 9.17) is 5.11 Å². The molecule has 7 heteroatoms. The van der Waals surface area contributed by atoms with Crippen LogP contribution in [0.5, 0.6) is 0 Å². The predicted molar refractivity (Wildman–Crippen MR) is 84.3 cm³/mol. The molecule has 122 valence electrons. The van der Waals surface area contributed by atoms with Gasteiger partial charge in [0.2, 0.25) is 5.91 Å². The number of carboxylic acids is 1. The maximum atomic E-state index is 13.7. The zero-order chi connectivity index (χ0) is 17.3. The van der Waals surface area contributed by atoms with Gasteiger partial charge in [-0.15, -0.1) is 0 Å². The number of imide groups is 1. The Labute approximate surface area is 136 Å². The molecule has 0 aliphatic carbocycles. The fourth-order valence-corrected chi connectivity index (χ4v) is 2.56. The van der Waals surface area contributed by atoms with Crippen LogP contribution in [0.1, 0.15) is 16.8 Å². The van der Waals surface area contributed by atoms with Crippen LogP contribution in [0, 0.1) is 5.82 Å². The van der Waals surface area contributed by atoms with E-state index in [1.807, 2.05) is 0 Å². The van der Waals surface area contributed by atoms with E-state index in [-0.39, 0.29) is 23.4 Å². The Balaban J connectivity index is 1.86. The van der Waals surface area contributed by atoms with Crippen molar-refractivity contribution >= 4 is 29.2 Å². The van der Waals surface area contributed by atoms with E-state index in [0.29, 0.717) is 0 Å². The smallest absolute Gasteiger partial charge is 0.335 e. The third-order valence-corrected chi connectivity index (χ3v) is 3.70. The molecule has 24 heavy (non-hydrogen) atoms. The summed E-state index contributed by atoms with van der Waals surface area (Å²) < 4.78 is 13.7. The molecule has 2 aromatic rings. The molecule has 0 bridgehead atoms. The number of benzene rings is 2. The SMILES string of the molecule is O=C(O)c1cccc(N2C(=O)C[C@@H](Nc3ccccc3F)C2=O)c1. The quantitative estimate of drug-likeness (QED) is 0.841. The van der Waals surface area contributed by atoms with Gasteiger partial charge in [-0.2, -0.15) is 0 Å². The van der Waals surface area contributed by atoms with E-state index < -0.39 is 29.6 Å². The highest BCUT2D eigenvalue weighted by molar-refractivity contribution is 6.23. The van der Waals surface area contributed by atoms with Crippen molar-refractivity contribution in [3.8, 4) is 0 Å². The number of halogens is 1. The maximum absolute atomic E-state index is 13.7. The summed E-state index contributed by atoms with van der Waals surface area (Å²) in [6.45, 7) is 0. The summed E-state index contributed by atoms with van der Waals surface area (Å²) in [5.74, 6) is -2.71. The van der Waals surface area contributed by atoms with Gasteiger partial charge in [0.1, 0.15) is 11.9 Å². The minimum absolute atomic E-state index is 0.0291. The number of hydrogen-bond donors (Lipinski definition) is 2. The number of amides is 2. The van der Waals surface area contributed by atoms with E-state index in [1.165, 1.54) is 42.5 Å². The van der Waals surface area contributed by atoms with Gasteiger partial charge in [0.15, 0.2) is 0 Å². The van der Waals surface area contributed by atoms with Gasteiger partial charge in [-0.3, -0.25) is 9.59 Å². The lowest BCUT2D eigenvalue weighted by Gasteiger charge is -2.16. The molecule has 3 rings (SSSR count). The highest BCUT2D eigenvalue weighted by atomic mass is 19.1. The highest BCUT2D eigenvalue weighted by Gasteiger charge is 2.40. The Morgan fingerprint density at radius 1 is 1.17 bits per heavy atom. The molecule has 0 radical (unpaired) electrons. The molecule has 1 aliphatic heterocycles. The minimum atomic E-state index is -1.16. The van der Waals surface area contributed by atoms with Gasteiger partial charge >= 0.3 is 5.97 Å². The zero-order valence-corrected chi connectivity index (χ0v) is 12.4. The Hall–Kier alpha value is -3.22. The van der Waals surface area contributed by atoms with Crippen molar-refractivity contribution in [2.45, 2.75) is 12.5 Å². The van der Waals surface area contributed by atoms with Crippen molar-refractivity contribution in [3.63, 3.8) is 0 Å². The molecule has 0 saturated carbocycles. The number of para-hydroxylation sites is 1. The number of nitrogens with one attached hydrogen (secondary N) is 1. The van der Waals surface area contributed by atoms with Crippen LogP contribution in [0.25, 0.3) is 0 Å². The van der Waals surface area contributed by atoms with Crippen molar-refractivity contribution in [2.24, 2.45) is 0 Å². The van der Waals surface area contributed by atoms with Crippen molar-refractivity contribution in [3.05, 3.63) is 59.9 Å². The average molecular weight is 328 g/mol. The lowest BCUT2D eigenvalue weighted by atomic mass is 10.2. The van der Waals surface area contributed by atoms with Crippen LogP contribution in [-0.2, 0) is 9.59 Å². The fourth-order valence-electron chi connectivity index (χ4n) is 2.56. The molecule has 2 N–H and O–H groups in total. The summed E-state index contributed by atoms with van der Waals surface area (Å²) in [6, 6.07) is 10.5. The van der Waals surface area contributed by atoms with Crippen LogP contribution < -0.4 is 10.2 Å². The van der Waals surface area contributed by atoms with Crippen LogP contribution >= 0.6 is 0 Å². The van der Waals surface area contributed by atoms with Gasteiger partial charge < -0.3 is 10.4 Å². The molecule has 1 heterocycles. The fraction of sp³-hybridized carbons (Fsp3) is 0.118. The normalized spacial score (nSPS) is 17.2. The summed E-state index contributed by atoms with van der Waals surface area (Å²) >= 11 is 0. The second-order valence-electron chi connectivity index (χ2n) is 5.30. The average Bonchev–Trinajstić information content (AvgIpc) is 2.83.